The van der Waals surface area contributed by atoms with Gasteiger partial charge in [-0.25, -0.2) is 0 Å². The van der Waals surface area contributed by atoms with Crippen LogP contribution in [0.2, 0.25) is 0 Å². The van der Waals surface area contributed by atoms with Gasteiger partial charge in [-0.15, -0.1) is 0 Å². The number of rotatable bonds is 40. The molecule has 4 amide bonds. The number of nitrogens with one attached hydrogen (secondary N) is 4. The van der Waals surface area contributed by atoms with Gasteiger partial charge >= 0.3 is 5.97 Å². The van der Waals surface area contributed by atoms with Gasteiger partial charge in [-0.1, -0.05) is 109 Å². The third kappa shape index (κ3) is 38.2. The van der Waals surface area contributed by atoms with Gasteiger partial charge in [0, 0.05) is 32.5 Å². The Balaban J connectivity index is 3.46. The Morgan fingerprint density at radius 2 is 0.849 bits per heavy atom. The molecule has 0 aliphatic rings. The summed E-state index contributed by atoms with van der Waals surface area (Å²) in [6.45, 7) is 4.41. The Morgan fingerprint density at radius 3 is 1.30 bits per heavy atom. The standard InChI is InChI=1S/C37H68Br2N4O10/c38-30-34(45)40-19-15-16-32(43-35(46)31-39)37(49)42-21-23-51-25-27-53-29-28-52-26-24-50-22-20-41-33(44)17-13-11-9-7-5-3-1-2-4-6-8-10-12-14-18-36(47)48/h32H,1-31H2,(H,40,45)(H,41,44)(H,42,49)(H,43,46)(H,47,48)/t32-/m0/s1. The van der Waals surface area contributed by atoms with E-state index < -0.39 is 12.0 Å². The average Bonchev–Trinajstić information content (AvgIpc) is 3.15. The van der Waals surface area contributed by atoms with Crippen LogP contribution in [0.4, 0.5) is 0 Å². The minimum absolute atomic E-state index is 0.0721. The first kappa shape index (κ1) is 51.1. The molecule has 0 heterocycles. The van der Waals surface area contributed by atoms with Crippen molar-refractivity contribution in [1.29, 1.82) is 0 Å². The largest absolute Gasteiger partial charge is 0.481 e. The van der Waals surface area contributed by atoms with Gasteiger partial charge in [0.2, 0.25) is 23.6 Å². The van der Waals surface area contributed by atoms with Crippen LogP contribution in [0.1, 0.15) is 116 Å². The minimum Gasteiger partial charge on any atom is -0.481 e. The molecule has 0 aromatic rings. The van der Waals surface area contributed by atoms with Gasteiger partial charge in [0.05, 0.1) is 63.5 Å². The lowest BCUT2D eigenvalue weighted by molar-refractivity contribution is -0.137. The summed E-state index contributed by atoms with van der Waals surface area (Å²) >= 11 is 6.16. The molecule has 0 bridgehead atoms. The number of halogens is 2. The number of aliphatic carboxylic acids is 1. The summed E-state index contributed by atoms with van der Waals surface area (Å²) in [6.07, 6.45) is 18.1. The third-order valence-corrected chi connectivity index (χ3v) is 9.18. The van der Waals surface area contributed by atoms with E-state index in [9.17, 15) is 24.0 Å². The summed E-state index contributed by atoms with van der Waals surface area (Å²) in [4.78, 5) is 58.1. The summed E-state index contributed by atoms with van der Waals surface area (Å²) < 4.78 is 22.0. The van der Waals surface area contributed by atoms with Crippen LogP contribution < -0.4 is 21.3 Å². The van der Waals surface area contributed by atoms with Gasteiger partial charge in [-0.2, -0.15) is 0 Å². The van der Waals surface area contributed by atoms with Crippen LogP contribution in [0.3, 0.4) is 0 Å². The molecule has 310 valence electrons. The van der Waals surface area contributed by atoms with Gasteiger partial charge in [0.25, 0.3) is 0 Å². The van der Waals surface area contributed by atoms with Crippen molar-refractivity contribution in [3.8, 4) is 0 Å². The highest BCUT2D eigenvalue weighted by Crippen LogP contribution is 2.13. The molecule has 0 radical (unpaired) electrons. The fourth-order valence-electron chi connectivity index (χ4n) is 5.25. The zero-order chi connectivity index (χ0) is 39.0. The van der Waals surface area contributed by atoms with E-state index in [2.05, 4.69) is 53.1 Å². The number of ether oxygens (including phenoxy) is 4. The van der Waals surface area contributed by atoms with E-state index in [1.807, 2.05) is 0 Å². The lowest BCUT2D eigenvalue weighted by atomic mass is 10.0. The maximum absolute atomic E-state index is 12.5. The molecule has 0 aliphatic carbocycles. The molecule has 0 saturated heterocycles. The van der Waals surface area contributed by atoms with E-state index in [0.717, 1.165) is 32.1 Å². The number of carbonyl (C=O) groups is 5. The van der Waals surface area contributed by atoms with Crippen LogP contribution >= 0.6 is 31.9 Å². The molecular weight excluding hydrogens is 820 g/mol. The van der Waals surface area contributed by atoms with Gasteiger partial charge < -0.3 is 45.3 Å². The van der Waals surface area contributed by atoms with E-state index in [0.29, 0.717) is 91.6 Å². The minimum atomic E-state index is -0.698. The number of unbranched alkanes of at least 4 members (excludes halogenated alkanes) is 13. The van der Waals surface area contributed by atoms with E-state index in [-0.39, 0.29) is 40.8 Å². The Hall–Kier alpha value is -1.85. The number of carboxylic acid groups (broad SMARTS) is 1. The molecular formula is C37H68Br2N4O10. The van der Waals surface area contributed by atoms with E-state index in [4.69, 9.17) is 24.1 Å². The first-order chi connectivity index (χ1) is 25.8. The highest BCUT2D eigenvalue weighted by atomic mass is 79.9. The molecule has 0 rings (SSSR count). The zero-order valence-electron chi connectivity index (χ0n) is 31.9. The topological polar surface area (TPSA) is 191 Å². The summed E-state index contributed by atoms with van der Waals surface area (Å²) in [5.74, 6) is -1.35. The van der Waals surface area contributed by atoms with E-state index >= 15 is 0 Å². The van der Waals surface area contributed by atoms with Crippen LogP contribution in [-0.2, 0) is 42.9 Å². The van der Waals surface area contributed by atoms with E-state index in [1.54, 1.807) is 0 Å². The SMILES string of the molecule is O=C(O)CCCCCCCCCCCCCCCCC(=O)NCCOCCOCCOCCOCCNC(=O)[C@H](CCCNC(=O)CBr)NC(=O)CBr. The zero-order valence-corrected chi connectivity index (χ0v) is 35.0. The van der Waals surface area contributed by atoms with Crippen molar-refractivity contribution < 1.29 is 48.0 Å². The van der Waals surface area contributed by atoms with Crippen molar-refractivity contribution in [2.45, 2.75) is 122 Å². The molecule has 14 nitrogen and oxygen atoms in total. The smallest absolute Gasteiger partial charge is 0.303 e. The molecule has 0 saturated carbocycles. The number of amides is 4. The van der Waals surface area contributed by atoms with Crippen molar-refractivity contribution in [3.05, 3.63) is 0 Å². The quantitative estimate of drug-likeness (QED) is 0.0423. The van der Waals surface area contributed by atoms with Crippen LogP contribution in [-0.4, -0.2) is 124 Å². The molecule has 5 N–H and O–H groups in total. The second kappa shape index (κ2) is 39.8. The Bertz CT molecular complexity index is 936. The van der Waals surface area contributed by atoms with Gasteiger partial charge in [0.15, 0.2) is 0 Å². The maximum Gasteiger partial charge on any atom is 0.303 e. The van der Waals surface area contributed by atoms with Crippen molar-refractivity contribution in [2.75, 3.05) is 83.1 Å². The Labute approximate surface area is 334 Å². The summed E-state index contributed by atoms with van der Waals surface area (Å²) in [5.41, 5.74) is 0. The fourth-order valence-corrected chi connectivity index (χ4v) is 5.61. The number of alkyl halides is 2. The summed E-state index contributed by atoms with van der Waals surface area (Å²) in [6, 6.07) is -0.698. The average molecular weight is 889 g/mol. The molecule has 1 atom stereocenters. The van der Waals surface area contributed by atoms with E-state index in [1.165, 1.54) is 57.8 Å². The molecule has 53 heavy (non-hydrogen) atoms. The monoisotopic (exact) mass is 886 g/mol. The van der Waals surface area contributed by atoms with Crippen LogP contribution in [0.15, 0.2) is 0 Å². The lowest BCUT2D eigenvalue weighted by Crippen LogP contribution is -2.48. The molecule has 16 heteroatoms. The number of hydrogen-bond donors (Lipinski definition) is 5. The second-order valence-corrected chi connectivity index (χ2v) is 13.9. The summed E-state index contributed by atoms with van der Waals surface area (Å²) in [7, 11) is 0. The van der Waals surface area contributed by atoms with Crippen molar-refractivity contribution in [3.63, 3.8) is 0 Å². The van der Waals surface area contributed by atoms with Gasteiger partial charge in [-0.05, 0) is 25.7 Å². The van der Waals surface area contributed by atoms with Crippen molar-refractivity contribution >= 4 is 61.5 Å². The fraction of sp³-hybridized carbons (Fsp3) is 0.865. The van der Waals surface area contributed by atoms with Crippen LogP contribution in [0.25, 0.3) is 0 Å². The third-order valence-electron chi connectivity index (χ3n) is 8.16. The van der Waals surface area contributed by atoms with Crippen molar-refractivity contribution in [1.82, 2.24) is 21.3 Å². The molecule has 0 aromatic heterocycles. The molecule has 0 unspecified atom stereocenters. The van der Waals surface area contributed by atoms with Crippen molar-refractivity contribution in [2.24, 2.45) is 0 Å². The molecule has 0 fully saturated rings. The first-order valence-electron chi connectivity index (χ1n) is 19.5. The molecule has 0 aliphatic heterocycles. The van der Waals surface area contributed by atoms with Crippen LogP contribution in [0, 0.1) is 0 Å². The predicted octanol–water partition coefficient (Wildman–Crippen LogP) is 4.78. The normalized spacial score (nSPS) is 11.6. The lowest BCUT2D eigenvalue weighted by Gasteiger charge is -2.18. The Morgan fingerprint density at radius 1 is 0.453 bits per heavy atom. The number of hydrogen-bond acceptors (Lipinski definition) is 9. The molecule has 0 spiro atoms. The van der Waals surface area contributed by atoms with Gasteiger partial charge in [-0.3, -0.25) is 24.0 Å². The number of carbonyl (C=O) groups excluding carboxylic acids is 4. The predicted molar refractivity (Wildman–Crippen MR) is 213 cm³/mol. The summed E-state index contributed by atoms with van der Waals surface area (Å²) in [5, 5.41) is 20.0. The highest BCUT2D eigenvalue weighted by molar-refractivity contribution is 9.09. The Kier molecular flexibility index (Phi) is 38.4. The first-order valence-corrected chi connectivity index (χ1v) is 21.8. The second-order valence-electron chi connectivity index (χ2n) is 12.8. The molecule has 0 aromatic carbocycles. The number of carboxylic acids is 1. The maximum atomic E-state index is 12.5. The van der Waals surface area contributed by atoms with Crippen LogP contribution in [0.5, 0.6) is 0 Å². The van der Waals surface area contributed by atoms with Gasteiger partial charge in [0.1, 0.15) is 6.04 Å². The highest BCUT2D eigenvalue weighted by Gasteiger charge is 2.19.